The minimum atomic E-state index is -0.396. The molecule has 0 unspecified atom stereocenters. The van der Waals surface area contributed by atoms with Gasteiger partial charge in [-0.25, -0.2) is 9.18 Å². The van der Waals surface area contributed by atoms with E-state index in [-0.39, 0.29) is 5.82 Å². The van der Waals surface area contributed by atoms with Crippen molar-refractivity contribution >= 4 is 11.7 Å². The summed E-state index contributed by atoms with van der Waals surface area (Å²) < 4.78 is 18.5. The summed E-state index contributed by atoms with van der Waals surface area (Å²) in [6.07, 6.45) is 0. The molecule has 0 aliphatic carbocycles. The average molecular weight is 273 g/mol. The highest BCUT2D eigenvalue weighted by molar-refractivity contribution is 5.91. The number of ether oxygens (including phenoxy) is 1. The number of hydrogen-bond donors (Lipinski definition) is 1. The maximum atomic E-state index is 13.7. The molecule has 0 bridgehead atoms. The zero-order chi connectivity index (χ0) is 14.5. The molecule has 2 rings (SSSR count). The number of benzene rings is 2. The fraction of sp³-hybridized carbons (Fsp3) is 0.188. The van der Waals surface area contributed by atoms with Crippen LogP contribution in [0.4, 0.5) is 10.1 Å². The number of carbonyl (C=O) groups excluding carboxylic acids is 1. The van der Waals surface area contributed by atoms with Crippen LogP contribution in [0.1, 0.15) is 21.5 Å². The molecule has 0 saturated heterocycles. The van der Waals surface area contributed by atoms with Crippen LogP contribution in [0.15, 0.2) is 42.5 Å². The van der Waals surface area contributed by atoms with E-state index in [2.05, 4.69) is 5.32 Å². The summed E-state index contributed by atoms with van der Waals surface area (Å²) >= 11 is 0. The highest BCUT2D eigenvalue weighted by Gasteiger charge is 2.11. The lowest BCUT2D eigenvalue weighted by Crippen LogP contribution is -2.10. The molecule has 3 nitrogen and oxygen atoms in total. The van der Waals surface area contributed by atoms with Crippen LogP contribution in [0, 0.1) is 12.7 Å². The second-order valence-corrected chi connectivity index (χ2v) is 4.43. The van der Waals surface area contributed by atoms with Crippen molar-refractivity contribution in [1.29, 1.82) is 0 Å². The van der Waals surface area contributed by atoms with Crippen molar-refractivity contribution in [2.75, 3.05) is 12.4 Å². The van der Waals surface area contributed by atoms with Crippen LogP contribution in [0.25, 0.3) is 0 Å². The van der Waals surface area contributed by atoms with Gasteiger partial charge >= 0.3 is 5.97 Å². The summed E-state index contributed by atoms with van der Waals surface area (Å²) in [7, 11) is 1.34. The maximum Gasteiger partial charge on any atom is 0.338 e. The van der Waals surface area contributed by atoms with Crippen molar-refractivity contribution in [2.24, 2.45) is 0 Å². The number of halogens is 1. The summed E-state index contributed by atoms with van der Waals surface area (Å²) in [4.78, 5) is 11.7. The first-order valence-corrected chi connectivity index (χ1v) is 6.28. The number of nitrogens with one attached hydrogen (secondary N) is 1. The van der Waals surface area contributed by atoms with Gasteiger partial charge in [-0.2, -0.15) is 0 Å². The van der Waals surface area contributed by atoms with Gasteiger partial charge in [0, 0.05) is 6.54 Å². The van der Waals surface area contributed by atoms with Crippen LogP contribution in [-0.4, -0.2) is 13.1 Å². The van der Waals surface area contributed by atoms with Crippen molar-refractivity contribution in [2.45, 2.75) is 13.5 Å². The first-order chi connectivity index (χ1) is 9.63. The first-order valence-electron chi connectivity index (χ1n) is 6.28. The second kappa shape index (κ2) is 6.19. The molecule has 0 heterocycles. The lowest BCUT2D eigenvalue weighted by atomic mass is 10.1. The molecule has 104 valence electrons. The largest absolute Gasteiger partial charge is 0.465 e. The van der Waals surface area contributed by atoms with Gasteiger partial charge < -0.3 is 10.1 Å². The van der Waals surface area contributed by atoms with E-state index in [4.69, 9.17) is 4.74 Å². The Morgan fingerprint density at radius 1 is 1.20 bits per heavy atom. The Balaban J connectivity index is 2.21. The normalized spacial score (nSPS) is 10.2. The van der Waals surface area contributed by atoms with Crippen molar-refractivity contribution in [3.05, 3.63) is 65.0 Å². The third-order valence-electron chi connectivity index (χ3n) is 3.10. The van der Waals surface area contributed by atoms with Crippen molar-refractivity contribution in [3.8, 4) is 0 Å². The molecule has 20 heavy (non-hydrogen) atoms. The van der Waals surface area contributed by atoms with E-state index in [1.807, 2.05) is 25.1 Å². The van der Waals surface area contributed by atoms with E-state index in [0.29, 0.717) is 17.8 Å². The number of methoxy groups -OCH3 is 1. The van der Waals surface area contributed by atoms with Gasteiger partial charge in [0.05, 0.1) is 18.4 Å². The first kappa shape index (κ1) is 14.1. The number of carbonyl (C=O) groups is 1. The Labute approximate surface area is 117 Å². The van der Waals surface area contributed by atoms with Crippen molar-refractivity contribution in [1.82, 2.24) is 0 Å². The van der Waals surface area contributed by atoms with Gasteiger partial charge in [-0.1, -0.05) is 30.3 Å². The highest BCUT2D eigenvalue weighted by atomic mass is 19.1. The zero-order valence-corrected chi connectivity index (χ0v) is 11.4. The van der Waals surface area contributed by atoms with Crippen LogP contribution >= 0.6 is 0 Å². The molecule has 0 amide bonds. The smallest absolute Gasteiger partial charge is 0.338 e. The number of esters is 1. The van der Waals surface area contributed by atoms with E-state index in [0.717, 1.165) is 11.1 Å². The van der Waals surface area contributed by atoms with Gasteiger partial charge in [-0.05, 0) is 30.2 Å². The molecule has 4 heteroatoms. The molecule has 0 radical (unpaired) electrons. The Hall–Kier alpha value is -2.36. The molecule has 0 saturated carbocycles. The number of anilines is 1. The van der Waals surface area contributed by atoms with Crippen molar-refractivity contribution in [3.63, 3.8) is 0 Å². The van der Waals surface area contributed by atoms with Gasteiger partial charge in [0.2, 0.25) is 0 Å². The molecule has 2 aromatic carbocycles. The monoisotopic (exact) mass is 273 g/mol. The average Bonchev–Trinajstić information content (AvgIpc) is 2.46. The molecule has 0 aromatic heterocycles. The zero-order valence-electron chi connectivity index (χ0n) is 11.4. The molecular weight excluding hydrogens is 257 g/mol. The quantitative estimate of drug-likeness (QED) is 0.866. The molecule has 2 aromatic rings. The van der Waals surface area contributed by atoms with Crippen LogP contribution in [0.2, 0.25) is 0 Å². The van der Waals surface area contributed by atoms with Crippen molar-refractivity contribution < 1.29 is 13.9 Å². The summed E-state index contributed by atoms with van der Waals surface area (Å²) in [5.41, 5.74) is 2.52. The van der Waals surface area contributed by atoms with Gasteiger partial charge in [-0.15, -0.1) is 0 Å². The fourth-order valence-electron chi connectivity index (χ4n) is 2.02. The Bertz CT molecular complexity index is 605. The van der Waals surface area contributed by atoms with Crippen LogP contribution in [-0.2, 0) is 11.3 Å². The fourth-order valence-corrected chi connectivity index (χ4v) is 2.02. The lowest BCUT2D eigenvalue weighted by Gasteiger charge is -2.12. The van der Waals surface area contributed by atoms with E-state index >= 15 is 0 Å². The third-order valence-corrected chi connectivity index (χ3v) is 3.10. The van der Waals surface area contributed by atoms with E-state index < -0.39 is 5.97 Å². The van der Waals surface area contributed by atoms with E-state index in [1.54, 1.807) is 18.2 Å². The molecule has 0 fully saturated rings. The van der Waals surface area contributed by atoms with Gasteiger partial charge in [0.15, 0.2) is 0 Å². The molecule has 0 atom stereocenters. The van der Waals surface area contributed by atoms with Gasteiger partial charge in [0.1, 0.15) is 5.82 Å². The maximum absolute atomic E-state index is 13.7. The summed E-state index contributed by atoms with van der Waals surface area (Å²) in [5.74, 6) is -0.701. The molecule has 1 N–H and O–H groups in total. The lowest BCUT2D eigenvalue weighted by molar-refractivity contribution is 0.0599. The molecule has 0 aliphatic rings. The molecule has 0 spiro atoms. The second-order valence-electron chi connectivity index (χ2n) is 4.43. The number of hydrogen-bond acceptors (Lipinski definition) is 3. The molecular formula is C16H16FNO2. The number of para-hydroxylation sites is 1. The van der Waals surface area contributed by atoms with E-state index in [1.165, 1.54) is 13.2 Å². The third kappa shape index (κ3) is 2.96. The van der Waals surface area contributed by atoms with Gasteiger partial charge in [0.25, 0.3) is 0 Å². The van der Waals surface area contributed by atoms with Crippen LogP contribution in [0.3, 0.4) is 0 Å². The topological polar surface area (TPSA) is 38.3 Å². The standard InChI is InChI=1S/C16H16FNO2/c1-11-6-5-9-14(17)15(11)18-10-12-7-3-4-8-13(12)16(19)20-2/h3-9,18H,10H2,1-2H3. The van der Waals surface area contributed by atoms with Crippen LogP contribution in [0.5, 0.6) is 0 Å². The predicted octanol–water partition coefficient (Wildman–Crippen LogP) is 3.53. The van der Waals surface area contributed by atoms with Crippen LogP contribution < -0.4 is 5.32 Å². The Kier molecular flexibility index (Phi) is 4.35. The Morgan fingerprint density at radius 2 is 1.95 bits per heavy atom. The Morgan fingerprint density at radius 3 is 2.65 bits per heavy atom. The predicted molar refractivity (Wildman–Crippen MR) is 76.2 cm³/mol. The molecule has 0 aliphatic heterocycles. The minimum absolute atomic E-state index is 0.305. The number of rotatable bonds is 4. The minimum Gasteiger partial charge on any atom is -0.465 e. The SMILES string of the molecule is COC(=O)c1ccccc1CNc1c(C)cccc1F. The summed E-state index contributed by atoms with van der Waals surface area (Å²) in [5, 5.41) is 3.03. The summed E-state index contributed by atoms with van der Waals surface area (Å²) in [6.45, 7) is 2.19. The highest BCUT2D eigenvalue weighted by Crippen LogP contribution is 2.20. The number of aryl methyl sites for hydroxylation is 1. The van der Waals surface area contributed by atoms with E-state index in [9.17, 15) is 9.18 Å². The summed E-state index contributed by atoms with van der Waals surface area (Å²) in [6, 6.07) is 12.0. The van der Waals surface area contributed by atoms with Gasteiger partial charge in [-0.3, -0.25) is 0 Å².